The van der Waals surface area contributed by atoms with Crippen molar-refractivity contribution in [1.82, 2.24) is 0 Å². The smallest absolute Gasteiger partial charge is 0.310 e. The summed E-state index contributed by atoms with van der Waals surface area (Å²) in [4.78, 5) is 35.8. The average molecular weight is 374 g/mol. The molecule has 6 heteroatoms. The molecule has 0 aromatic heterocycles. The van der Waals surface area contributed by atoms with Gasteiger partial charge in [-0.15, -0.1) is 6.58 Å². The first-order valence-electron chi connectivity index (χ1n) is 9.26. The van der Waals surface area contributed by atoms with Crippen LogP contribution in [-0.2, 0) is 19.1 Å². The third kappa shape index (κ3) is 5.67. The van der Waals surface area contributed by atoms with Gasteiger partial charge in [-0.3, -0.25) is 14.4 Å². The molecule has 0 amide bonds. The van der Waals surface area contributed by atoms with Gasteiger partial charge in [-0.2, -0.15) is 0 Å². The van der Waals surface area contributed by atoms with Crippen molar-refractivity contribution in [3.05, 3.63) is 48.6 Å². The number of carbonyl (C=O) groups is 3. The highest BCUT2D eigenvalue weighted by Gasteiger charge is 2.38. The summed E-state index contributed by atoms with van der Waals surface area (Å²) in [5, 5.41) is 18.8. The third-order valence-electron chi connectivity index (χ3n) is 5.11. The summed E-state index contributed by atoms with van der Waals surface area (Å²) in [7, 11) is 0. The molecule has 27 heavy (non-hydrogen) atoms. The fourth-order valence-electron chi connectivity index (χ4n) is 3.61. The van der Waals surface area contributed by atoms with Gasteiger partial charge < -0.3 is 14.9 Å². The second-order valence-corrected chi connectivity index (χ2v) is 6.97. The zero-order valence-electron chi connectivity index (χ0n) is 15.3. The second kappa shape index (κ2) is 9.90. The van der Waals surface area contributed by atoms with Crippen molar-refractivity contribution in [2.45, 2.75) is 44.6 Å². The Labute approximate surface area is 158 Å². The molecule has 1 saturated carbocycles. The van der Waals surface area contributed by atoms with Crippen LogP contribution in [0.15, 0.2) is 43.0 Å². The number of benzene rings is 1. The van der Waals surface area contributed by atoms with E-state index in [9.17, 15) is 24.6 Å². The third-order valence-corrected chi connectivity index (χ3v) is 5.11. The number of carbonyl (C=O) groups excluding carboxylic acids is 1. The van der Waals surface area contributed by atoms with Crippen LogP contribution >= 0.6 is 0 Å². The summed E-state index contributed by atoms with van der Waals surface area (Å²) in [5.74, 6) is -4.69. The molecular weight excluding hydrogens is 348 g/mol. The number of carboxylic acids is 2. The van der Waals surface area contributed by atoms with Gasteiger partial charge in [0.25, 0.3) is 0 Å². The van der Waals surface area contributed by atoms with Gasteiger partial charge in [-0.1, -0.05) is 49.2 Å². The van der Waals surface area contributed by atoms with E-state index in [1.165, 1.54) is 6.08 Å². The van der Waals surface area contributed by atoms with Crippen molar-refractivity contribution in [2.75, 3.05) is 0 Å². The van der Waals surface area contributed by atoms with Gasteiger partial charge in [0, 0.05) is 6.42 Å². The molecule has 0 bridgehead atoms. The number of aliphatic carboxylic acids is 2. The minimum absolute atomic E-state index is 0.113. The van der Waals surface area contributed by atoms with Crippen LogP contribution in [0.2, 0.25) is 0 Å². The standard InChI is InChI=1S/C21H26O6/c1-2-8-15(19(22)23)13-18(14-9-4-3-5-10-14)27-21(26)17-12-7-6-11-16(17)20(24)25/h2-5,9-10,15-18H,1,6-8,11-13H2,(H,22,23)(H,24,25). The van der Waals surface area contributed by atoms with E-state index in [1.807, 2.05) is 6.07 Å². The Morgan fingerprint density at radius 1 is 1.11 bits per heavy atom. The highest BCUT2D eigenvalue weighted by atomic mass is 16.5. The Morgan fingerprint density at radius 2 is 1.74 bits per heavy atom. The zero-order chi connectivity index (χ0) is 19.8. The first-order chi connectivity index (χ1) is 12.9. The summed E-state index contributed by atoms with van der Waals surface area (Å²) in [6, 6.07) is 8.96. The van der Waals surface area contributed by atoms with Crippen molar-refractivity contribution in [1.29, 1.82) is 0 Å². The van der Waals surface area contributed by atoms with E-state index in [0.29, 0.717) is 18.4 Å². The van der Waals surface area contributed by atoms with Crippen molar-refractivity contribution >= 4 is 17.9 Å². The van der Waals surface area contributed by atoms with Crippen molar-refractivity contribution in [2.24, 2.45) is 17.8 Å². The molecule has 0 heterocycles. The predicted molar refractivity (Wildman–Crippen MR) is 98.9 cm³/mol. The van der Waals surface area contributed by atoms with Crippen LogP contribution in [0, 0.1) is 17.8 Å². The lowest BCUT2D eigenvalue weighted by Crippen LogP contribution is -2.34. The van der Waals surface area contributed by atoms with E-state index in [4.69, 9.17) is 4.74 Å². The summed E-state index contributed by atoms with van der Waals surface area (Å²) in [6.45, 7) is 3.59. The molecule has 2 N–H and O–H groups in total. The van der Waals surface area contributed by atoms with Gasteiger partial charge in [0.2, 0.25) is 0 Å². The fraction of sp³-hybridized carbons (Fsp3) is 0.476. The highest BCUT2D eigenvalue weighted by Crippen LogP contribution is 2.34. The van der Waals surface area contributed by atoms with E-state index in [1.54, 1.807) is 24.3 Å². The molecule has 1 aliphatic rings. The van der Waals surface area contributed by atoms with E-state index in [2.05, 4.69) is 6.58 Å². The molecular formula is C21H26O6. The van der Waals surface area contributed by atoms with E-state index in [-0.39, 0.29) is 12.8 Å². The largest absolute Gasteiger partial charge is 0.481 e. The van der Waals surface area contributed by atoms with Crippen molar-refractivity contribution < 1.29 is 29.3 Å². The molecule has 1 aliphatic carbocycles. The lowest BCUT2D eigenvalue weighted by atomic mass is 9.79. The molecule has 2 rings (SSSR count). The van der Waals surface area contributed by atoms with Gasteiger partial charge in [0.05, 0.1) is 17.8 Å². The number of rotatable bonds is 9. The SMILES string of the molecule is C=CCC(CC(OC(=O)C1CCCCC1C(=O)O)c1ccccc1)C(=O)O. The first-order valence-corrected chi connectivity index (χ1v) is 9.26. The maximum absolute atomic E-state index is 12.8. The van der Waals surface area contributed by atoms with Gasteiger partial charge in [-0.25, -0.2) is 0 Å². The molecule has 146 valence electrons. The van der Waals surface area contributed by atoms with Crippen LogP contribution in [0.5, 0.6) is 0 Å². The first kappa shape index (κ1) is 20.7. The molecule has 1 aromatic rings. The lowest BCUT2D eigenvalue weighted by Gasteiger charge is -2.29. The Balaban J connectivity index is 2.20. The average Bonchev–Trinajstić information content (AvgIpc) is 2.67. The van der Waals surface area contributed by atoms with Gasteiger partial charge in [-0.05, 0) is 24.8 Å². The summed E-state index contributed by atoms with van der Waals surface area (Å²) >= 11 is 0. The zero-order valence-corrected chi connectivity index (χ0v) is 15.3. The number of hydrogen-bond acceptors (Lipinski definition) is 4. The van der Waals surface area contributed by atoms with Crippen LogP contribution in [0.3, 0.4) is 0 Å². The normalized spacial score (nSPS) is 21.6. The lowest BCUT2D eigenvalue weighted by molar-refractivity contribution is -0.165. The van der Waals surface area contributed by atoms with Crippen LogP contribution in [0.4, 0.5) is 0 Å². The summed E-state index contributed by atoms with van der Waals surface area (Å²) < 4.78 is 5.68. The fourth-order valence-corrected chi connectivity index (χ4v) is 3.61. The number of allylic oxidation sites excluding steroid dienone is 1. The Hall–Kier alpha value is -2.63. The van der Waals surface area contributed by atoms with Gasteiger partial charge in [0.15, 0.2) is 0 Å². The van der Waals surface area contributed by atoms with E-state index < -0.39 is 41.8 Å². The van der Waals surface area contributed by atoms with Crippen LogP contribution in [0.1, 0.15) is 50.2 Å². The van der Waals surface area contributed by atoms with E-state index in [0.717, 1.165) is 12.8 Å². The molecule has 0 saturated heterocycles. The molecule has 6 nitrogen and oxygen atoms in total. The molecule has 1 fully saturated rings. The Kier molecular flexibility index (Phi) is 7.58. The maximum Gasteiger partial charge on any atom is 0.310 e. The van der Waals surface area contributed by atoms with Gasteiger partial charge in [0.1, 0.15) is 6.10 Å². The summed E-state index contributed by atoms with van der Waals surface area (Å²) in [5.41, 5.74) is 0.698. The maximum atomic E-state index is 12.8. The number of esters is 1. The minimum Gasteiger partial charge on any atom is -0.481 e. The van der Waals surface area contributed by atoms with Gasteiger partial charge >= 0.3 is 17.9 Å². The Morgan fingerprint density at radius 3 is 2.30 bits per heavy atom. The van der Waals surface area contributed by atoms with Crippen LogP contribution < -0.4 is 0 Å². The number of hydrogen-bond donors (Lipinski definition) is 2. The van der Waals surface area contributed by atoms with Crippen molar-refractivity contribution in [3.63, 3.8) is 0 Å². The second-order valence-electron chi connectivity index (χ2n) is 6.97. The highest BCUT2D eigenvalue weighted by molar-refractivity contribution is 5.81. The molecule has 4 atom stereocenters. The van der Waals surface area contributed by atoms with Crippen molar-refractivity contribution in [3.8, 4) is 0 Å². The Bertz CT molecular complexity index is 669. The molecule has 0 aliphatic heterocycles. The minimum atomic E-state index is -0.983. The number of ether oxygens (including phenoxy) is 1. The predicted octanol–water partition coefficient (Wildman–Crippen LogP) is 3.83. The van der Waals surface area contributed by atoms with Crippen LogP contribution in [-0.4, -0.2) is 28.1 Å². The quantitative estimate of drug-likeness (QED) is 0.503. The van der Waals surface area contributed by atoms with Crippen LogP contribution in [0.25, 0.3) is 0 Å². The summed E-state index contributed by atoms with van der Waals surface area (Å²) in [6.07, 6.45) is 3.67. The molecule has 1 aromatic carbocycles. The monoisotopic (exact) mass is 374 g/mol. The topological polar surface area (TPSA) is 101 Å². The molecule has 0 spiro atoms. The molecule has 4 unspecified atom stereocenters. The molecule has 0 radical (unpaired) electrons. The van der Waals surface area contributed by atoms with E-state index >= 15 is 0 Å². The number of carboxylic acid groups (broad SMARTS) is 2.